The highest BCUT2D eigenvalue weighted by Gasteiger charge is 2.68. The van der Waals surface area contributed by atoms with Gasteiger partial charge in [0, 0.05) is 39.9 Å². The number of imide groups is 1. The summed E-state index contributed by atoms with van der Waals surface area (Å²) in [4.78, 5) is 50.9. The van der Waals surface area contributed by atoms with Crippen molar-refractivity contribution in [1.82, 2.24) is 19.5 Å². The number of amides is 4. The number of carbonyl (C=O) groups is 3. The molecular weight excluding hydrogens is 772 g/mol. The van der Waals surface area contributed by atoms with E-state index in [-0.39, 0.29) is 23.7 Å². The number of nitrogens with two attached hydrogens (primary N) is 1. The monoisotopic (exact) mass is 816 g/mol. The Morgan fingerprint density at radius 2 is 1.78 bits per heavy atom. The van der Waals surface area contributed by atoms with Gasteiger partial charge in [-0.3, -0.25) is 14.3 Å². The summed E-state index contributed by atoms with van der Waals surface area (Å²) in [6.07, 6.45) is 3.43. The molecule has 3 aromatic rings. The van der Waals surface area contributed by atoms with E-state index in [0.29, 0.717) is 46.5 Å². The molecule has 55 heavy (non-hydrogen) atoms. The van der Waals surface area contributed by atoms with Gasteiger partial charge in [-0.1, -0.05) is 38.4 Å². The van der Waals surface area contributed by atoms with Crippen LogP contribution in [0.2, 0.25) is 5.02 Å². The number of rotatable bonds is 12. The minimum absolute atomic E-state index is 0.000978. The van der Waals surface area contributed by atoms with Crippen LogP contribution in [-0.4, -0.2) is 92.1 Å². The third kappa shape index (κ3) is 7.97. The molecule has 3 fully saturated rings. The largest absolute Gasteiger partial charge is 0.494 e. The number of nitrogens with one attached hydrogen (secondary N) is 2. The van der Waals surface area contributed by atoms with Crippen molar-refractivity contribution in [2.75, 3.05) is 19.0 Å². The van der Waals surface area contributed by atoms with Gasteiger partial charge in [-0.15, -0.1) is 6.58 Å². The van der Waals surface area contributed by atoms with E-state index in [9.17, 15) is 26.4 Å². The van der Waals surface area contributed by atoms with Gasteiger partial charge in [0.05, 0.1) is 30.0 Å². The third-order valence-electron chi connectivity index (χ3n) is 10.3. The summed E-state index contributed by atoms with van der Waals surface area (Å²) in [6.45, 7) is 10.9. The van der Waals surface area contributed by atoms with E-state index in [1.807, 2.05) is 0 Å². The number of aromatic nitrogens is 1. The van der Waals surface area contributed by atoms with Gasteiger partial charge in [0.2, 0.25) is 25.9 Å². The number of urea groups is 1. The molecule has 6 rings (SSSR count). The molecule has 0 bridgehead atoms. The molecule has 4 amide bonds. The first kappa shape index (κ1) is 40.2. The second-order valence-corrected chi connectivity index (χ2v) is 19.4. The first-order chi connectivity index (χ1) is 25.7. The second-order valence-electron chi connectivity index (χ2n) is 15.4. The van der Waals surface area contributed by atoms with E-state index in [4.69, 9.17) is 26.2 Å². The lowest BCUT2D eigenvalue weighted by Gasteiger charge is -2.40. The molecule has 4 N–H and O–H groups in total. The molecule has 5 atom stereocenters. The highest BCUT2D eigenvalue weighted by molar-refractivity contribution is 7.91. The molecule has 15 nitrogen and oxygen atoms in total. The number of benzene rings is 2. The van der Waals surface area contributed by atoms with Crippen LogP contribution in [-0.2, 0) is 29.6 Å². The molecule has 1 unspecified atom stereocenters. The number of hydrogen-bond donors (Lipinski definition) is 3. The van der Waals surface area contributed by atoms with E-state index >= 15 is 4.79 Å². The molecule has 3 aliphatic rings. The molecule has 1 aromatic heterocycles. The lowest BCUT2D eigenvalue weighted by Crippen LogP contribution is -2.64. The molecule has 1 aliphatic heterocycles. The normalized spacial score (nSPS) is 23.1. The standard InChI is InChI=1S/C37H45ClN6O9S2/c1-7-22-18-37(22,34(46)42-55(50,51)27-13-14-27)44(33(45)31(36(3,4)5)41-24-9-11-26(12-10-24)54(39,48)49)35(47)43-20-25(16-21(43)2)53-32-29-17-23(38)8-15-28(29)30(52-6)19-40-32/h7-12,15,17,19,21-22,25,27,31,41H,1,13-14,16,18,20H2,2-6H3,(H,42,46)(H2,39,48,49)/t21?,22-,25-,31+,37-/m1/s1. The van der Waals surface area contributed by atoms with Crippen LogP contribution in [0.4, 0.5) is 10.5 Å². The Labute approximate surface area is 325 Å². The number of methoxy groups -OCH3 is 1. The lowest BCUT2D eigenvalue weighted by atomic mass is 9.85. The Hall–Kier alpha value is -4.45. The first-order valence-corrected chi connectivity index (χ1v) is 21.2. The Morgan fingerprint density at radius 3 is 2.35 bits per heavy atom. The van der Waals surface area contributed by atoms with Crippen LogP contribution in [0.25, 0.3) is 10.8 Å². The second kappa shape index (κ2) is 14.6. The lowest BCUT2D eigenvalue weighted by molar-refractivity contribution is -0.141. The van der Waals surface area contributed by atoms with Crippen molar-refractivity contribution in [3.63, 3.8) is 0 Å². The van der Waals surface area contributed by atoms with E-state index in [2.05, 4.69) is 21.6 Å². The first-order valence-electron chi connectivity index (χ1n) is 17.7. The number of anilines is 1. The zero-order valence-corrected chi connectivity index (χ0v) is 33.5. The minimum atomic E-state index is -4.08. The maximum absolute atomic E-state index is 15.1. The summed E-state index contributed by atoms with van der Waals surface area (Å²) in [7, 11) is -6.55. The van der Waals surface area contributed by atoms with E-state index in [1.165, 1.54) is 48.5 Å². The highest BCUT2D eigenvalue weighted by atomic mass is 35.5. The van der Waals surface area contributed by atoms with Crippen LogP contribution in [0.1, 0.15) is 53.4 Å². The summed E-state index contributed by atoms with van der Waals surface area (Å²) < 4.78 is 64.0. The van der Waals surface area contributed by atoms with Gasteiger partial charge < -0.3 is 19.7 Å². The number of halogens is 1. The number of sulfonamides is 2. The van der Waals surface area contributed by atoms with Gasteiger partial charge in [-0.25, -0.2) is 36.7 Å². The number of fused-ring (bicyclic) bond motifs is 1. The van der Waals surface area contributed by atoms with Crippen molar-refractivity contribution in [2.24, 2.45) is 16.5 Å². The fourth-order valence-corrected chi connectivity index (χ4v) is 9.09. The van der Waals surface area contributed by atoms with Crippen molar-refractivity contribution >= 4 is 66.0 Å². The van der Waals surface area contributed by atoms with Crippen molar-refractivity contribution in [3.8, 4) is 11.6 Å². The molecule has 0 spiro atoms. The number of hydrogen-bond acceptors (Lipinski definition) is 11. The SMILES string of the molecule is C=C[C@@H]1C[C@@]1(C(=O)NS(=O)(=O)C1CC1)N(C(=O)[C@H](Nc1ccc(S(N)(=O)=O)cc1)C(C)(C)C)C(=O)N1C[C@H](Oc2ncc(OC)c3ccc(Cl)cc23)CC1C. The van der Waals surface area contributed by atoms with Crippen molar-refractivity contribution < 1.29 is 40.7 Å². The Bertz CT molecular complexity index is 2260. The molecule has 0 radical (unpaired) electrons. The van der Waals surface area contributed by atoms with Crippen LogP contribution in [0, 0.1) is 11.3 Å². The highest BCUT2D eigenvalue weighted by Crippen LogP contribution is 2.52. The fraction of sp³-hybridized carbons (Fsp3) is 0.459. The number of ether oxygens (including phenoxy) is 2. The summed E-state index contributed by atoms with van der Waals surface area (Å²) in [5.41, 5.74) is -2.49. The zero-order chi connectivity index (χ0) is 40.2. The number of primary sulfonamides is 1. The molecule has 2 aromatic carbocycles. The molecule has 18 heteroatoms. The zero-order valence-electron chi connectivity index (χ0n) is 31.1. The Kier molecular flexibility index (Phi) is 10.7. The van der Waals surface area contributed by atoms with Gasteiger partial charge in [-0.05, 0) is 74.1 Å². The Balaban J connectivity index is 1.36. The van der Waals surface area contributed by atoms with Crippen molar-refractivity contribution in [3.05, 3.63) is 66.3 Å². The van der Waals surface area contributed by atoms with Gasteiger partial charge in [0.25, 0.3) is 11.8 Å². The molecule has 2 saturated carbocycles. The fourth-order valence-electron chi connectivity index (χ4n) is 7.04. The number of likely N-dealkylation sites (tertiary alicyclic amines) is 1. The maximum Gasteiger partial charge on any atom is 0.328 e. The number of carbonyl (C=O) groups excluding carboxylic acids is 3. The van der Waals surface area contributed by atoms with Crippen LogP contribution < -0.4 is 24.7 Å². The van der Waals surface area contributed by atoms with Crippen LogP contribution >= 0.6 is 11.6 Å². The molecule has 296 valence electrons. The topological polar surface area (TPSA) is 207 Å². The predicted octanol–water partition coefficient (Wildman–Crippen LogP) is 4.41. The predicted molar refractivity (Wildman–Crippen MR) is 207 cm³/mol. The average Bonchev–Trinajstić information content (AvgIpc) is 4.04. The van der Waals surface area contributed by atoms with Gasteiger partial charge in [0.1, 0.15) is 23.4 Å². The van der Waals surface area contributed by atoms with Gasteiger partial charge in [0.15, 0.2) is 0 Å². The minimum Gasteiger partial charge on any atom is -0.494 e. The Morgan fingerprint density at radius 1 is 1.11 bits per heavy atom. The van der Waals surface area contributed by atoms with E-state index < -0.39 is 78.2 Å². The molecule has 1 saturated heterocycles. The molecular formula is C37H45ClN6O9S2. The van der Waals surface area contributed by atoms with Gasteiger partial charge in [-0.2, -0.15) is 0 Å². The summed E-state index contributed by atoms with van der Waals surface area (Å²) in [5, 5.41) is 9.42. The summed E-state index contributed by atoms with van der Waals surface area (Å²) >= 11 is 6.32. The number of pyridine rings is 1. The van der Waals surface area contributed by atoms with Crippen LogP contribution in [0.3, 0.4) is 0 Å². The number of nitrogens with zero attached hydrogens (tertiary/aromatic N) is 3. The molecule has 2 aliphatic carbocycles. The van der Waals surface area contributed by atoms with Crippen LogP contribution in [0.5, 0.6) is 11.6 Å². The van der Waals surface area contributed by atoms with Crippen LogP contribution in [0.15, 0.2) is 66.2 Å². The smallest absolute Gasteiger partial charge is 0.328 e. The van der Waals surface area contributed by atoms with Gasteiger partial charge >= 0.3 is 6.03 Å². The summed E-state index contributed by atoms with van der Waals surface area (Å²) in [6, 6.07) is 8.12. The quantitative estimate of drug-likeness (QED) is 0.218. The molecule has 2 heterocycles. The van der Waals surface area contributed by atoms with Crippen molar-refractivity contribution in [2.45, 2.75) is 87.3 Å². The maximum atomic E-state index is 15.1. The van der Waals surface area contributed by atoms with E-state index in [1.54, 1.807) is 45.9 Å². The summed E-state index contributed by atoms with van der Waals surface area (Å²) in [5.74, 6) is -1.78. The average molecular weight is 817 g/mol. The van der Waals surface area contributed by atoms with Crippen molar-refractivity contribution in [1.29, 1.82) is 0 Å². The third-order valence-corrected chi connectivity index (χ3v) is 13.3. The van der Waals surface area contributed by atoms with E-state index in [0.717, 1.165) is 4.90 Å².